The molecule has 2 nitrogen and oxygen atoms in total. The zero-order chi connectivity index (χ0) is 12.6. The number of hydrogen-bond acceptors (Lipinski definition) is 1. The van der Waals surface area contributed by atoms with Gasteiger partial charge in [-0.05, 0) is 56.3 Å². The van der Waals surface area contributed by atoms with E-state index in [9.17, 15) is 4.79 Å². The molecule has 17 heavy (non-hydrogen) atoms. The monoisotopic (exact) mass is 234 g/mol. The first kappa shape index (κ1) is 12.4. The fourth-order valence-corrected chi connectivity index (χ4v) is 3.61. The minimum absolute atomic E-state index is 0.156. The molecular weight excluding hydrogens is 212 g/mol. The maximum absolute atomic E-state index is 11.1. The van der Waals surface area contributed by atoms with Crippen LogP contribution in [0, 0.1) is 23.7 Å². The van der Waals surface area contributed by atoms with E-state index < -0.39 is 5.97 Å². The molecule has 0 amide bonds. The molecule has 4 atom stereocenters. The first-order chi connectivity index (χ1) is 8.00. The number of hydrogen-bond donors (Lipinski definition) is 1. The molecule has 0 aliphatic heterocycles. The van der Waals surface area contributed by atoms with Crippen LogP contribution in [0.15, 0.2) is 23.8 Å². The summed E-state index contributed by atoms with van der Waals surface area (Å²) >= 11 is 0. The molecule has 1 N–H and O–H groups in total. The molecule has 0 spiro atoms. The van der Waals surface area contributed by atoms with Crippen molar-refractivity contribution in [1.29, 1.82) is 0 Å². The number of carbonyl (C=O) groups is 1. The molecular formula is C15H22O2. The van der Waals surface area contributed by atoms with Gasteiger partial charge in [-0.1, -0.05) is 25.2 Å². The minimum Gasteiger partial charge on any atom is -0.478 e. The van der Waals surface area contributed by atoms with E-state index in [1.165, 1.54) is 18.4 Å². The Morgan fingerprint density at radius 1 is 1.41 bits per heavy atom. The van der Waals surface area contributed by atoms with Gasteiger partial charge in [0.2, 0.25) is 0 Å². The molecule has 0 radical (unpaired) electrons. The second-order valence-electron chi connectivity index (χ2n) is 5.78. The highest BCUT2D eigenvalue weighted by Crippen LogP contribution is 2.47. The second kappa shape index (κ2) is 4.67. The van der Waals surface area contributed by atoms with Crippen molar-refractivity contribution in [2.75, 3.05) is 0 Å². The second-order valence-corrected chi connectivity index (χ2v) is 5.78. The maximum Gasteiger partial charge on any atom is 0.331 e. The van der Waals surface area contributed by atoms with Gasteiger partial charge in [0.25, 0.3) is 0 Å². The predicted molar refractivity (Wildman–Crippen MR) is 68.6 cm³/mol. The topological polar surface area (TPSA) is 37.3 Å². The lowest BCUT2D eigenvalue weighted by Gasteiger charge is -2.43. The lowest BCUT2D eigenvalue weighted by Crippen LogP contribution is -2.36. The fraction of sp³-hybridized carbons (Fsp3) is 0.667. The Bertz CT molecular complexity index is 367. The van der Waals surface area contributed by atoms with Crippen molar-refractivity contribution in [2.45, 2.75) is 39.5 Å². The van der Waals surface area contributed by atoms with Gasteiger partial charge in [-0.3, -0.25) is 0 Å². The SMILES string of the molecule is C=C(C(=O)O)C1CC[C@@H](C)[C@@H]2CCC(C)=C[C@H]12. The third kappa shape index (κ3) is 2.31. The summed E-state index contributed by atoms with van der Waals surface area (Å²) in [7, 11) is 0. The highest BCUT2D eigenvalue weighted by Gasteiger charge is 2.39. The van der Waals surface area contributed by atoms with E-state index in [2.05, 4.69) is 26.5 Å². The van der Waals surface area contributed by atoms with Gasteiger partial charge in [0.05, 0.1) is 0 Å². The Hall–Kier alpha value is -1.05. The van der Waals surface area contributed by atoms with Gasteiger partial charge in [-0.15, -0.1) is 0 Å². The summed E-state index contributed by atoms with van der Waals surface area (Å²) in [6.07, 6.45) is 6.85. The summed E-state index contributed by atoms with van der Waals surface area (Å²) < 4.78 is 0. The number of allylic oxidation sites excluding steroid dienone is 2. The van der Waals surface area contributed by atoms with Crippen LogP contribution in [0.2, 0.25) is 0 Å². The van der Waals surface area contributed by atoms with Crippen LogP contribution in [-0.2, 0) is 4.79 Å². The smallest absolute Gasteiger partial charge is 0.331 e. The van der Waals surface area contributed by atoms with Crippen molar-refractivity contribution in [3.63, 3.8) is 0 Å². The molecule has 2 aliphatic rings. The predicted octanol–water partition coefficient (Wildman–Crippen LogP) is 3.65. The molecule has 1 fully saturated rings. The zero-order valence-corrected chi connectivity index (χ0v) is 10.8. The molecule has 2 heteroatoms. The fourth-order valence-electron chi connectivity index (χ4n) is 3.61. The molecule has 2 aliphatic carbocycles. The molecule has 0 aromatic carbocycles. The Labute approximate surface area is 103 Å². The van der Waals surface area contributed by atoms with E-state index >= 15 is 0 Å². The lowest BCUT2D eigenvalue weighted by atomic mass is 9.61. The molecule has 0 saturated heterocycles. The highest BCUT2D eigenvalue weighted by atomic mass is 16.4. The molecule has 0 bridgehead atoms. The van der Waals surface area contributed by atoms with Crippen molar-refractivity contribution < 1.29 is 9.90 Å². The third-order valence-corrected chi connectivity index (χ3v) is 4.69. The first-order valence-corrected chi connectivity index (χ1v) is 6.60. The molecule has 1 unspecified atom stereocenters. The van der Waals surface area contributed by atoms with Gasteiger partial charge in [-0.2, -0.15) is 0 Å². The summed E-state index contributed by atoms with van der Waals surface area (Å²) in [6.45, 7) is 8.26. The van der Waals surface area contributed by atoms with Gasteiger partial charge in [0.15, 0.2) is 0 Å². The first-order valence-electron chi connectivity index (χ1n) is 6.60. The van der Waals surface area contributed by atoms with Crippen molar-refractivity contribution >= 4 is 5.97 Å². The van der Waals surface area contributed by atoms with E-state index in [1.807, 2.05) is 0 Å². The van der Waals surface area contributed by atoms with Crippen LogP contribution >= 0.6 is 0 Å². The average Bonchev–Trinajstić information content (AvgIpc) is 2.28. The summed E-state index contributed by atoms with van der Waals surface area (Å²) in [5.74, 6) is 1.13. The van der Waals surface area contributed by atoms with Gasteiger partial charge in [-0.25, -0.2) is 4.79 Å². The van der Waals surface area contributed by atoms with Crippen LogP contribution in [0.3, 0.4) is 0 Å². The minimum atomic E-state index is -0.820. The van der Waals surface area contributed by atoms with Crippen LogP contribution in [0.25, 0.3) is 0 Å². The summed E-state index contributed by atoms with van der Waals surface area (Å²) in [4.78, 5) is 11.1. The van der Waals surface area contributed by atoms with Crippen molar-refractivity contribution in [2.24, 2.45) is 23.7 Å². The number of aliphatic carboxylic acids is 1. The molecule has 94 valence electrons. The van der Waals surface area contributed by atoms with Crippen molar-refractivity contribution in [3.05, 3.63) is 23.8 Å². The normalized spacial score (nSPS) is 36.9. The summed E-state index contributed by atoms with van der Waals surface area (Å²) in [5.41, 5.74) is 1.83. The zero-order valence-electron chi connectivity index (χ0n) is 10.8. The molecule has 1 saturated carbocycles. The number of carboxylic acids is 1. The highest BCUT2D eigenvalue weighted by molar-refractivity contribution is 5.86. The number of carboxylic acid groups (broad SMARTS) is 1. The van der Waals surface area contributed by atoms with Gasteiger partial charge < -0.3 is 5.11 Å². The van der Waals surface area contributed by atoms with Crippen LogP contribution in [0.1, 0.15) is 39.5 Å². The standard InChI is InChI=1S/C15H22O2/c1-9-4-6-12-10(2)5-7-13(14(12)8-9)11(3)15(16)17/h8,10,12-14H,3-7H2,1-2H3,(H,16,17)/t10-,12+,13?,14+/m1/s1. The quantitative estimate of drug-likeness (QED) is 0.585. The van der Waals surface area contributed by atoms with Crippen molar-refractivity contribution in [3.8, 4) is 0 Å². The Kier molecular flexibility index (Phi) is 3.41. The number of rotatable bonds is 2. The van der Waals surface area contributed by atoms with Crippen LogP contribution in [-0.4, -0.2) is 11.1 Å². The molecule has 2 rings (SSSR count). The molecule has 0 heterocycles. The van der Waals surface area contributed by atoms with E-state index in [-0.39, 0.29) is 5.92 Å². The van der Waals surface area contributed by atoms with Crippen LogP contribution < -0.4 is 0 Å². The van der Waals surface area contributed by atoms with E-state index in [4.69, 9.17) is 5.11 Å². The van der Waals surface area contributed by atoms with E-state index in [0.717, 1.165) is 18.8 Å². The third-order valence-electron chi connectivity index (χ3n) is 4.69. The summed E-state index contributed by atoms with van der Waals surface area (Å²) in [5, 5.41) is 9.14. The molecule has 0 aromatic rings. The van der Waals surface area contributed by atoms with Gasteiger partial charge >= 0.3 is 5.97 Å². The maximum atomic E-state index is 11.1. The van der Waals surface area contributed by atoms with Gasteiger partial charge in [0, 0.05) is 5.57 Å². The van der Waals surface area contributed by atoms with Crippen LogP contribution in [0.4, 0.5) is 0 Å². The number of fused-ring (bicyclic) bond motifs is 1. The van der Waals surface area contributed by atoms with E-state index in [0.29, 0.717) is 17.4 Å². The lowest BCUT2D eigenvalue weighted by molar-refractivity contribution is -0.133. The summed E-state index contributed by atoms with van der Waals surface area (Å²) in [6, 6.07) is 0. The molecule has 0 aromatic heterocycles. The Balaban J connectivity index is 2.26. The Morgan fingerprint density at radius 3 is 2.76 bits per heavy atom. The van der Waals surface area contributed by atoms with Crippen molar-refractivity contribution in [1.82, 2.24) is 0 Å². The Morgan fingerprint density at radius 2 is 2.12 bits per heavy atom. The average molecular weight is 234 g/mol. The van der Waals surface area contributed by atoms with Gasteiger partial charge in [0.1, 0.15) is 0 Å². The van der Waals surface area contributed by atoms with Crippen LogP contribution in [0.5, 0.6) is 0 Å². The largest absolute Gasteiger partial charge is 0.478 e. The van der Waals surface area contributed by atoms with E-state index in [1.54, 1.807) is 0 Å².